The van der Waals surface area contributed by atoms with E-state index in [1.807, 2.05) is 18.2 Å². The number of hydrogen-bond donors (Lipinski definition) is 0. The molecule has 0 aromatic carbocycles. The van der Waals surface area contributed by atoms with Gasteiger partial charge >= 0.3 is 0 Å². The van der Waals surface area contributed by atoms with Crippen LogP contribution >= 0.6 is 0 Å². The third kappa shape index (κ3) is 1.69. The predicted molar refractivity (Wildman–Crippen MR) is 62.3 cm³/mol. The summed E-state index contributed by atoms with van der Waals surface area (Å²) in [5.41, 5.74) is 2.58. The molecule has 0 aliphatic carbocycles. The SMILES string of the molecule is C=Cc1ccnc(-c2ccccn2)c1C#N. The molecule has 2 rings (SSSR count). The number of aromatic nitrogens is 2. The zero-order valence-corrected chi connectivity index (χ0v) is 8.59. The number of pyridine rings is 2. The molecule has 0 saturated heterocycles. The lowest BCUT2D eigenvalue weighted by atomic mass is 10.1. The first-order valence-corrected chi connectivity index (χ1v) is 4.79. The molecule has 2 aromatic rings. The molecule has 0 unspecified atom stereocenters. The maximum Gasteiger partial charge on any atom is 0.107 e. The molecule has 2 heterocycles. The van der Waals surface area contributed by atoms with E-state index >= 15 is 0 Å². The fraction of sp³-hybridized carbons (Fsp3) is 0. The number of nitriles is 1. The average Bonchev–Trinajstić information content (AvgIpc) is 2.38. The van der Waals surface area contributed by atoms with Crippen LogP contribution in [0.2, 0.25) is 0 Å². The summed E-state index contributed by atoms with van der Waals surface area (Å²) >= 11 is 0. The lowest BCUT2D eigenvalue weighted by molar-refractivity contribution is 1.23. The summed E-state index contributed by atoms with van der Waals surface area (Å²) in [4.78, 5) is 8.38. The molecule has 2 aromatic heterocycles. The second-order valence-corrected chi connectivity index (χ2v) is 3.15. The molecule has 16 heavy (non-hydrogen) atoms. The van der Waals surface area contributed by atoms with Crippen LogP contribution in [0.3, 0.4) is 0 Å². The Hall–Kier alpha value is -2.47. The molecule has 0 atom stereocenters. The van der Waals surface area contributed by atoms with Gasteiger partial charge in [0, 0.05) is 12.4 Å². The monoisotopic (exact) mass is 207 g/mol. The van der Waals surface area contributed by atoms with Gasteiger partial charge in [0.2, 0.25) is 0 Å². The van der Waals surface area contributed by atoms with Gasteiger partial charge in [-0.15, -0.1) is 0 Å². The van der Waals surface area contributed by atoms with Crippen LogP contribution in [-0.4, -0.2) is 9.97 Å². The van der Waals surface area contributed by atoms with Crippen LogP contribution in [0.5, 0.6) is 0 Å². The molecule has 0 spiro atoms. The van der Waals surface area contributed by atoms with E-state index in [1.54, 1.807) is 24.5 Å². The van der Waals surface area contributed by atoms with Crippen molar-refractivity contribution in [3.63, 3.8) is 0 Å². The van der Waals surface area contributed by atoms with Gasteiger partial charge in [-0.25, -0.2) is 0 Å². The molecular weight excluding hydrogens is 198 g/mol. The van der Waals surface area contributed by atoms with E-state index in [0.717, 1.165) is 5.56 Å². The van der Waals surface area contributed by atoms with E-state index in [0.29, 0.717) is 17.0 Å². The van der Waals surface area contributed by atoms with Gasteiger partial charge in [-0.05, 0) is 23.8 Å². The molecule has 76 valence electrons. The summed E-state index contributed by atoms with van der Waals surface area (Å²) in [6, 6.07) is 9.42. The summed E-state index contributed by atoms with van der Waals surface area (Å²) in [5, 5.41) is 9.13. The van der Waals surface area contributed by atoms with E-state index in [1.165, 1.54) is 0 Å². The first kappa shape index (κ1) is 10.1. The summed E-state index contributed by atoms with van der Waals surface area (Å²) in [5.74, 6) is 0. The van der Waals surface area contributed by atoms with Gasteiger partial charge in [0.25, 0.3) is 0 Å². The quantitative estimate of drug-likeness (QED) is 0.760. The molecule has 0 saturated carbocycles. The molecule has 0 aliphatic rings. The number of rotatable bonds is 2. The minimum Gasteiger partial charge on any atom is -0.255 e. The lowest BCUT2D eigenvalue weighted by Gasteiger charge is -2.04. The normalized spacial score (nSPS) is 9.44. The summed E-state index contributed by atoms with van der Waals surface area (Å²) in [7, 11) is 0. The highest BCUT2D eigenvalue weighted by Crippen LogP contribution is 2.21. The maximum atomic E-state index is 9.13. The Bertz CT molecular complexity index is 553. The Morgan fingerprint density at radius 1 is 1.19 bits per heavy atom. The van der Waals surface area contributed by atoms with Gasteiger partial charge < -0.3 is 0 Å². The van der Waals surface area contributed by atoms with Crippen molar-refractivity contribution in [3.8, 4) is 17.5 Å². The third-order valence-corrected chi connectivity index (χ3v) is 2.22. The van der Waals surface area contributed by atoms with Crippen LogP contribution in [0, 0.1) is 11.3 Å². The highest BCUT2D eigenvalue weighted by atomic mass is 14.8. The van der Waals surface area contributed by atoms with Crippen molar-refractivity contribution in [2.24, 2.45) is 0 Å². The molecule has 0 amide bonds. The van der Waals surface area contributed by atoms with Gasteiger partial charge in [0.05, 0.1) is 11.3 Å². The van der Waals surface area contributed by atoms with Crippen LogP contribution in [-0.2, 0) is 0 Å². The standard InChI is InChI=1S/C13H9N3/c1-2-10-6-8-16-13(11(10)9-14)12-5-3-4-7-15-12/h2-8H,1H2. The zero-order chi connectivity index (χ0) is 11.4. The van der Waals surface area contributed by atoms with Crippen LogP contribution in [0.1, 0.15) is 11.1 Å². The Morgan fingerprint density at radius 2 is 2.06 bits per heavy atom. The molecule has 0 fully saturated rings. The molecule has 0 N–H and O–H groups in total. The van der Waals surface area contributed by atoms with Crippen molar-refractivity contribution in [1.29, 1.82) is 5.26 Å². The second-order valence-electron chi connectivity index (χ2n) is 3.15. The van der Waals surface area contributed by atoms with E-state index in [2.05, 4.69) is 22.6 Å². The van der Waals surface area contributed by atoms with Crippen molar-refractivity contribution in [2.45, 2.75) is 0 Å². The minimum atomic E-state index is 0.510. The minimum absolute atomic E-state index is 0.510. The second kappa shape index (κ2) is 4.37. The fourth-order valence-electron chi connectivity index (χ4n) is 1.46. The van der Waals surface area contributed by atoms with Crippen molar-refractivity contribution < 1.29 is 0 Å². The highest BCUT2D eigenvalue weighted by Gasteiger charge is 2.09. The van der Waals surface area contributed by atoms with Crippen LogP contribution < -0.4 is 0 Å². The van der Waals surface area contributed by atoms with Crippen molar-refractivity contribution in [1.82, 2.24) is 9.97 Å². The van der Waals surface area contributed by atoms with Crippen LogP contribution in [0.4, 0.5) is 0 Å². The summed E-state index contributed by atoms with van der Waals surface area (Å²) in [6.07, 6.45) is 4.98. The van der Waals surface area contributed by atoms with E-state index < -0.39 is 0 Å². The predicted octanol–water partition coefficient (Wildman–Crippen LogP) is 2.66. The molecule has 0 aliphatic heterocycles. The van der Waals surface area contributed by atoms with Gasteiger partial charge in [0.15, 0.2) is 0 Å². The van der Waals surface area contributed by atoms with Gasteiger partial charge in [-0.3, -0.25) is 9.97 Å². The largest absolute Gasteiger partial charge is 0.255 e. The molecule has 3 heteroatoms. The summed E-state index contributed by atoms with van der Waals surface area (Å²) in [6.45, 7) is 3.68. The van der Waals surface area contributed by atoms with Crippen molar-refractivity contribution in [2.75, 3.05) is 0 Å². The molecule has 0 radical (unpaired) electrons. The van der Waals surface area contributed by atoms with Crippen LogP contribution in [0.15, 0.2) is 43.2 Å². The maximum absolute atomic E-state index is 9.13. The number of nitrogens with zero attached hydrogens (tertiary/aromatic N) is 3. The smallest absolute Gasteiger partial charge is 0.107 e. The van der Waals surface area contributed by atoms with Gasteiger partial charge in [-0.1, -0.05) is 18.7 Å². The lowest BCUT2D eigenvalue weighted by Crippen LogP contribution is -1.93. The Kier molecular flexibility index (Phi) is 2.75. The summed E-state index contributed by atoms with van der Waals surface area (Å²) < 4.78 is 0. The first-order chi connectivity index (χ1) is 7.86. The van der Waals surface area contributed by atoms with E-state index in [-0.39, 0.29) is 0 Å². The number of hydrogen-bond acceptors (Lipinski definition) is 3. The molecule has 0 bridgehead atoms. The third-order valence-electron chi connectivity index (χ3n) is 2.22. The van der Waals surface area contributed by atoms with Crippen molar-refractivity contribution >= 4 is 6.08 Å². The van der Waals surface area contributed by atoms with E-state index in [4.69, 9.17) is 5.26 Å². The zero-order valence-electron chi connectivity index (χ0n) is 8.59. The topological polar surface area (TPSA) is 49.6 Å². The Labute approximate surface area is 93.7 Å². The molecule has 3 nitrogen and oxygen atoms in total. The van der Waals surface area contributed by atoms with Gasteiger partial charge in [-0.2, -0.15) is 5.26 Å². The molecular formula is C13H9N3. The van der Waals surface area contributed by atoms with Crippen molar-refractivity contribution in [3.05, 3.63) is 54.4 Å². The van der Waals surface area contributed by atoms with E-state index in [9.17, 15) is 0 Å². The van der Waals surface area contributed by atoms with Crippen LogP contribution in [0.25, 0.3) is 17.5 Å². The Balaban J connectivity index is 2.67. The first-order valence-electron chi connectivity index (χ1n) is 4.79. The fourth-order valence-corrected chi connectivity index (χ4v) is 1.46. The van der Waals surface area contributed by atoms with Gasteiger partial charge in [0.1, 0.15) is 11.8 Å². The average molecular weight is 207 g/mol. The highest BCUT2D eigenvalue weighted by molar-refractivity contribution is 5.70. The Morgan fingerprint density at radius 3 is 2.69 bits per heavy atom.